The van der Waals surface area contributed by atoms with Crippen LogP contribution in [-0.2, 0) is 11.4 Å². The van der Waals surface area contributed by atoms with Gasteiger partial charge in [-0.2, -0.15) is 0 Å². The van der Waals surface area contributed by atoms with Gasteiger partial charge >= 0.3 is 5.97 Å². The number of thiazole rings is 1. The number of carbonyl (C=O) groups is 2. The lowest BCUT2D eigenvalue weighted by molar-refractivity contribution is -0.142. The van der Waals surface area contributed by atoms with Crippen molar-refractivity contribution in [1.82, 2.24) is 9.88 Å². The summed E-state index contributed by atoms with van der Waals surface area (Å²) in [5, 5.41) is 12.6. The van der Waals surface area contributed by atoms with Gasteiger partial charge in [-0.25, -0.2) is 9.78 Å². The van der Waals surface area contributed by atoms with Gasteiger partial charge in [0.2, 0.25) is 0 Å². The summed E-state index contributed by atoms with van der Waals surface area (Å²) in [5.41, 5.74) is 1.32. The lowest BCUT2D eigenvalue weighted by atomic mass is 9.94. The molecular formula is C20H22N2O4S. The van der Waals surface area contributed by atoms with Crippen molar-refractivity contribution in [3.8, 4) is 5.75 Å². The first-order chi connectivity index (χ1) is 13.0. The van der Waals surface area contributed by atoms with Crippen LogP contribution < -0.4 is 4.74 Å². The zero-order valence-electron chi connectivity index (χ0n) is 15.1. The highest BCUT2D eigenvalue weighted by Crippen LogP contribution is 2.42. The number of fused-ring (bicyclic) bond motifs is 1. The van der Waals surface area contributed by atoms with E-state index < -0.39 is 12.0 Å². The highest BCUT2D eigenvalue weighted by Gasteiger charge is 2.49. The third kappa shape index (κ3) is 3.56. The smallest absolute Gasteiger partial charge is 0.326 e. The number of ether oxygens (including phenoxy) is 1. The normalized spacial score (nSPS) is 24.0. The van der Waals surface area contributed by atoms with E-state index >= 15 is 0 Å². The summed E-state index contributed by atoms with van der Waals surface area (Å²) in [4.78, 5) is 30.7. The zero-order chi connectivity index (χ0) is 19.0. The number of nitrogens with zero attached hydrogens (tertiary/aromatic N) is 2. The molecule has 2 heterocycles. The molecule has 1 N–H and O–H groups in total. The molecule has 1 saturated heterocycles. The topological polar surface area (TPSA) is 79.7 Å². The van der Waals surface area contributed by atoms with Crippen LogP contribution in [0.25, 0.3) is 0 Å². The zero-order valence-corrected chi connectivity index (χ0v) is 15.9. The number of aryl methyl sites for hydroxylation is 1. The van der Waals surface area contributed by atoms with E-state index in [-0.39, 0.29) is 11.8 Å². The molecule has 1 aliphatic carbocycles. The Morgan fingerprint density at radius 3 is 2.96 bits per heavy atom. The number of hydrogen-bond acceptors (Lipinski definition) is 5. The van der Waals surface area contributed by atoms with Gasteiger partial charge in [0.25, 0.3) is 5.91 Å². The van der Waals surface area contributed by atoms with Crippen molar-refractivity contribution in [1.29, 1.82) is 0 Å². The molecule has 0 spiro atoms. The van der Waals surface area contributed by atoms with E-state index in [4.69, 9.17) is 4.74 Å². The van der Waals surface area contributed by atoms with Gasteiger partial charge in [-0.3, -0.25) is 4.79 Å². The van der Waals surface area contributed by atoms with Crippen LogP contribution in [0, 0.1) is 18.8 Å². The second-order valence-electron chi connectivity index (χ2n) is 7.27. The number of likely N-dealkylation sites (tertiary alicyclic amines) is 1. The van der Waals surface area contributed by atoms with Crippen molar-refractivity contribution in [3.05, 3.63) is 45.9 Å². The molecule has 0 bridgehead atoms. The molecule has 1 aromatic heterocycles. The monoisotopic (exact) mass is 386 g/mol. The van der Waals surface area contributed by atoms with Gasteiger partial charge in [0.1, 0.15) is 18.4 Å². The van der Waals surface area contributed by atoms with Gasteiger partial charge in [0.15, 0.2) is 0 Å². The predicted molar refractivity (Wildman–Crippen MR) is 101 cm³/mol. The molecule has 6 nitrogen and oxygen atoms in total. The molecule has 1 amide bonds. The maximum Gasteiger partial charge on any atom is 0.326 e. The summed E-state index contributed by atoms with van der Waals surface area (Å²) in [6.07, 6.45) is 2.95. The molecule has 2 fully saturated rings. The van der Waals surface area contributed by atoms with Crippen LogP contribution in [0.1, 0.15) is 40.3 Å². The minimum absolute atomic E-state index is 0.0822. The van der Waals surface area contributed by atoms with Crippen LogP contribution in [0.15, 0.2) is 29.6 Å². The average Bonchev–Trinajstić information content (AvgIpc) is 3.34. The third-order valence-electron chi connectivity index (χ3n) is 5.54. The molecule has 142 valence electrons. The molecule has 3 atom stereocenters. The summed E-state index contributed by atoms with van der Waals surface area (Å²) in [5.74, 6) is -0.158. The Morgan fingerprint density at radius 1 is 1.37 bits per heavy atom. The summed E-state index contributed by atoms with van der Waals surface area (Å²) in [6.45, 7) is 2.81. The number of carbonyl (C=O) groups excluding carboxylic acids is 1. The summed E-state index contributed by atoms with van der Waals surface area (Å²) in [7, 11) is 0. The number of carboxylic acids is 1. The molecule has 27 heavy (non-hydrogen) atoms. The van der Waals surface area contributed by atoms with Crippen LogP contribution in [0.5, 0.6) is 5.75 Å². The Hall–Kier alpha value is -2.41. The number of aromatic nitrogens is 1. The number of hydrogen-bond donors (Lipinski definition) is 1. The van der Waals surface area contributed by atoms with Crippen LogP contribution in [0.3, 0.4) is 0 Å². The van der Waals surface area contributed by atoms with Gasteiger partial charge in [-0.15, -0.1) is 11.3 Å². The summed E-state index contributed by atoms with van der Waals surface area (Å²) in [6, 6.07) is 6.25. The first kappa shape index (κ1) is 18.0. The van der Waals surface area contributed by atoms with Crippen molar-refractivity contribution in [3.63, 3.8) is 0 Å². The molecule has 2 aliphatic rings. The van der Waals surface area contributed by atoms with E-state index in [1.54, 1.807) is 40.5 Å². The second-order valence-corrected chi connectivity index (χ2v) is 8.33. The number of carboxylic acid groups (broad SMARTS) is 1. The average molecular weight is 386 g/mol. The van der Waals surface area contributed by atoms with Crippen molar-refractivity contribution < 1.29 is 19.4 Å². The van der Waals surface area contributed by atoms with Crippen LogP contribution in [-0.4, -0.2) is 39.5 Å². The molecule has 4 rings (SSSR count). The molecule has 2 aromatic rings. The molecule has 0 radical (unpaired) electrons. The predicted octanol–water partition coefficient (Wildman–Crippen LogP) is 3.36. The molecule has 1 aliphatic heterocycles. The minimum Gasteiger partial charge on any atom is -0.487 e. The van der Waals surface area contributed by atoms with Gasteiger partial charge in [-0.1, -0.05) is 12.5 Å². The Morgan fingerprint density at radius 2 is 2.22 bits per heavy atom. The number of benzene rings is 1. The van der Waals surface area contributed by atoms with E-state index in [0.717, 1.165) is 30.0 Å². The Kier molecular flexibility index (Phi) is 4.86. The highest BCUT2D eigenvalue weighted by atomic mass is 32.1. The Bertz CT molecular complexity index is 865. The maximum atomic E-state index is 13.0. The van der Waals surface area contributed by atoms with E-state index in [2.05, 4.69) is 4.98 Å². The minimum atomic E-state index is -0.899. The Balaban J connectivity index is 1.49. The first-order valence-corrected chi connectivity index (χ1v) is 10.1. The molecule has 1 aromatic carbocycles. The summed E-state index contributed by atoms with van der Waals surface area (Å²) >= 11 is 1.57. The molecule has 3 unspecified atom stereocenters. The van der Waals surface area contributed by atoms with E-state index in [1.165, 1.54) is 0 Å². The van der Waals surface area contributed by atoms with Crippen LogP contribution in [0.4, 0.5) is 0 Å². The number of rotatable bonds is 5. The van der Waals surface area contributed by atoms with E-state index in [0.29, 0.717) is 30.4 Å². The molecule has 1 saturated carbocycles. The quantitative estimate of drug-likeness (QED) is 0.852. The van der Waals surface area contributed by atoms with Crippen molar-refractivity contribution in [2.45, 2.75) is 38.8 Å². The van der Waals surface area contributed by atoms with Crippen molar-refractivity contribution in [2.24, 2.45) is 11.8 Å². The highest BCUT2D eigenvalue weighted by molar-refractivity contribution is 7.09. The fourth-order valence-corrected chi connectivity index (χ4v) is 4.94. The van der Waals surface area contributed by atoms with Gasteiger partial charge in [0, 0.05) is 17.5 Å². The van der Waals surface area contributed by atoms with Gasteiger partial charge in [0.05, 0.1) is 10.7 Å². The summed E-state index contributed by atoms with van der Waals surface area (Å²) < 4.78 is 5.76. The Labute approximate surface area is 161 Å². The third-order valence-corrected chi connectivity index (χ3v) is 6.36. The van der Waals surface area contributed by atoms with Gasteiger partial charge < -0.3 is 14.7 Å². The largest absolute Gasteiger partial charge is 0.487 e. The van der Waals surface area contributed by atoms with Crippen molar-refractivity contribution in [2.75, 3.05) is 6.54 Å². The molecular weight excluding hydrogens is 364 g/mol. The molecule has 7 heteroatoms. The van der Waals surface area contributed by atoms with E-state index in [1.807, 2.05) is 12.3 Å². The van der Waals surface area contributed by atoms with Crippen molar-refractivity contribution >= 4 is 23.2 Å². The lowest BCUT2D eigenvalue weighted by Gasteiger charge is -2.24. The second kappa shape index (κ2) is 7.31. The standard InChI is InChI=1S/C20H22N2O4S/c1-12-21-15(11-27-12)10-26-16-6-2-4-13(8-16)19(23)22-9-14-5-3-7-17(14)18(22)20(24)25/h2,4,6,8,11,14,17-18H,3,5,7,9-10H2,1H3,(H,24,25). The SMILES string of the molecule is Cc1nc(COc2cccc(C(=O)N3CC4CCCC4C3C(=O)O)c2)cs1. The fraction of sp³-hybridized carbons (Fsp3) is 0.450. The van der Waals surface area contributed by atoms with E-state index in [9.17, 15) is 14.7 Å². The first-order valence-electron chi connectivity index (χ1n) is 9.20. The van der Waals surface area contributed by atoms with Gasteiger partial charge in [-0.05, 0) is 49.8 Å². The lowest BCUT2D eigenvalue weighted by Crippen LogP contribution is -2.43. The number of amides is 1. The number of aliphatic carboxylic acids is 1. The van der Waals surface area contributed by atoms with Crippen LogP contribution >= 0.6 is 11.3 Å². The van der Waals surface area contributed by atoms with Crippen LogP contribution in [0.2, 0.25) is 0 Å². The fourth-order valence-electron chi connectivity index (χ4n) is 4.35. The maximum absolute atomic E-state index is 13.0.